The van der Waals surface area contributed by atoms with Crippen molar-refractivity contribution in [1.29, 1.82) is 0 Å². The maximum atomic E-state index is 13.4. The number of amides is 1. The summed E-state index contributed by atoms with van der Waals surface area (Å²) in [7, 11) is 0. The highest BCUT2D eigenvalue weighted by Gasteiger charge is 2.34. The highest BCUT2D eigenvalue weighted by Crippen LogP contribution is 2.32. The number of rotatable bonds is 4. The molecule has 1 saturated carbocycles. The van der Waals surface area contributed by atoms with E-state index in [1.807, 2.05) is 4.90 Å². The van der Waals surface area contributed by atoms with Gasteiger partial charge in [-0.15, -0.1) is 11.3 Å². The number of nitrogens with zero attached hydrogens (tertiary/aromatic N) is 4. The van der Waals surface area contributed by atoms with Gasteiger partial charge in [-0.3, -0.25) is 14.1 Å². The van der Waals surface area contributed by atoms with Crippen LogP contribution in [0, 0.1) is 18.7 Å². The first kappa shape index (κ1) is 17.8. The highest BCUT2D eigenvalue weighted by molar-refractivity contribution is 7.15. The van der Waals surface area contributed by atoms with Gasteiger partial charge in [-0.05, 0) is 44.0 Å². The van der Waals surface area contributed by atoms with Gasteiger partial charge in [0.05, 0.1) is 11.4 Å². The van der Waals surface area contributed by atoms with Gasteiger partial charge in [-0.25, -0.2) is 9.37 Å². The summed E-state index contributed by atoms with van der Waals surface area (Å²) in [6.45, 7) is 6.21. The molecule has 28 heavy (non-hydrogen) atoms. The van der Waals surface area contributed by atoms with Gasteiger partial charge in [0.15, 0.2) is 4.96 Å². The molecule has 0 atom stereocenters. The van der Waals surface area contributed by atoms with Gasteiger partial charge in [0.1, 0.15) is 5.82 Å². The van der Waals surface area contributed by atoms with Crippen LogP contribution in [-0.4, -0.2) is 51.3 Å². The Bertz CT molecular complexity index is 1010. The Labute approximate surface area is 167 Å². The average Bonchev–Trinajstić information content (AvgIpc) is 3.41. The molecule has 1 saturated heterocycles. The number of fused-ring (bicyclic) bond motifs is 1. The zero-order chi connectivity index (χ0) is 19.3. The Morgan fingerprint density at radius 3 is 2.57 bits per heavy atom. The van der Waals surface area contributed by atoms with Crippen LogP contribution < -0.4 is 0 Å². The van der Waals surface area contributed by atoms with Gasteiger partial charge in [0.25, 0.3) is 0 Å². The van der Waals surface area contributed by atoms with Crippen molar-refractivity contribution in [1.82, 2.24) is 19.2 Å². The predicted octanol–water partition coefficient (Wildman–Crippen LogP) is 3.56. The molecule has 3 heterocycles. The minimum absolute atomic E-state index is 0.237. The Balaban J connectivity index is 1.40. The zero-order valence-electron chi connectivity index (χ0n) is 15.9. The molecule has 2 aliphatic rings. The summed E-state index contributed by atoms with van der Waals surface area (Å²) in [5, 5.41) is 2.12. The van der Waals surface area contributed by atoms with Gasteiger partial charge < -0.3 is 4.90 Å². The number of aromatic nitrogens is 2. The van der Waals surface area contributed by atoms with Crippen molar-refractivity contribution < 1.29 is 9.18 Å². The van der Waals surface area contributed by atoms with Crippen molar-refractivity contribution in [2.75, 3.05) is 26.2 Å². The number of thiazole rings is 1. The van der Waals surface area contributed by atoms with Crippen molar-refractivity contribution in [2.24, 2.45) is 5.92 Å². The molecule has 0 radical (unpaired) electrons. The number of halogens is 1. The van der Waals surface area contributed by atoms with E-state index in [2.05, 4.69) is 21.6 Å². The third kappa shape index (κ3) is 3.22. The maximum Gasteiger partial charge on any atom is 0.225 e. The molecule has 5 nitrogen and oxygen atoms in total. The molecule has 0 bridgehead atoms. The quantitative estimate of drug-likeness (QED) is 0.675. The normalized spacial score (nSPS) is 18.1. The third-order valence-corrected chi connectivity index (χ3v) is 6.67. The Morgan fingerprint density at radius 2 is 1.89 bits per heavy atom. The molecule has 1 amide bonds. The van der Waals surface area contributed by atoms with Gasteiger partial charge in [-0.2, -0.15) is 0 Å². The number of imidazole rings is 1. The van der Waals surface area contributed by atoms with Crippen LogP contribution in [0.5, 0.6) is 0 Å². The van der Waals surface area contributed by atoms with Gasteiger partial charge in [-0.1, -0.05) is 0 Å². The average molecular weight is 399 g/mol. The first-order valence-electron chi connectivity index (χ1n) is 9.82. The molecule has 0 spiro atoms. The lowest BCUT2D eigenvalue weighted by Gasteiger charge is -2.35. The molecule has 7 heteroatoms. The Kier molecular flexibility index (Phi) is 4.44. The van der Waals surface area contributed by atoms with Crippen LogP contribution in [0.4, 0.5) is 4.39 Å². The smallest absolute Gasteiger partial charge is 0.225 e. The zero-order valence-corrected chi connectivity index (χ0v) is 16.7. The van der Waals surface area contributed by atoms with Crippen LogP contribution in [0.3, 0.4) is 0 Å². The summed E-state index contributed by atoms with van der Waals surface area (Å²) in [6, 6.07) is 6.57. The summed E-state index contributed by atoms with van der Waals surface area (Å²) in [5.41, 5.74) is 4.17. The molecule has 1 aromatic carbocycles. The first-order valence-corrected chi connectivity index (χ1v) is 10.7. The standard InChI is InChI=1S/C21H23FN4OS/c1-14-13-28-21-23-19(15-4-6-17(22)7-5-15)18(26(14)21)12-24-8-10-25(11-9-24)20(27)16-2-3-16/h4-7,13,16H,2-3,8-12H2,1H3. The molecule has 1 aliphatic heterocycles. The largest absolute Gasteiger partial charge is 0.340 e. The molecule has 3 aromatic rings. The monoisotopic (exact) mass is 398 g/mol. The molecule has 1 aliphatic carbocycles. The van der Waals surface area contributed by atoms with E-state index in [1.54, 1.807) is 23.5 Å². The van der Waals surface area contributed by atoms with Crippen LogP contribution >= 0.6 is 11.3 Å². The second kappa shape index (κ2) is 6.97. The van der Waals surface area contributed by atoms with Gasteiger partial charge in [0, 0.05) is 55.3 Å². The van der Waals surface area contributed by atoms with Gasteiger partial charge in [0.2, 0.25) is 5.91 Å². The molecule has 5 rings (SSSR count). The number of hydrogen-bond donors (Lipinski definition) is 0. The molecular weight excluding hydrogens is 375 g/mol. The van der Waals surface area contributed by atoms with E-state index >= 15 is 0 Å². The minimum atomic E-state index is -0.237. The van der Waals surface area contributed by atoms with Crippen molar-refractivity contribution >= 4 is 22.2 Å². The molecule has 0 N–H and O–H groups in total. The van der Waals surface area contributed by atoms with E-state index in [-0.39, 0.29) is 5.82 Å². The van der Waals surface area contributed by atoms with Crippen molar-refractivity contribution in [3.8, 4) is 11.3 Å². The Morgan fingerprint density at radius 1 is 1.18 bits per heavy atom. The molecule has 2 aromatic heterocycles. The lowest BCUT2D eigenvalue weighted by Crippen LogP contribution is -2.48. The lowest BCUT2D eigenvalue weighted by atomic mass is 10.1. The SMILES string of the molecule is Cc1csc2nc(-c3ccc(F)cc3)c(CN3CCN(C(=O)C4CC4)CC3)n12. The number of piperazine rings is 1. The Hall–Kier alpha value is -2.25. The fourth-order valence-corrected chi connectivity index (χ4v) is 4.86. The summed E-state index contributed by atoms with van der Waals surface area (Å²) < 4.78 is 15.6. The van der Waals surface area contributed by atoms with Gasteiger partial charge >= 0.3 is 0 Å². The topological polar surface area (TPSA) is 40.9 Å². The minimum Gasteiger partial charge on any atom is -0.340 e. The predicted molar refractivity (Wildman–Crippen MR) is 108 cm³/mol. The fraction of sp³-hybridized carbons (Fsp3) is 0.429. The third-order valence-electron chi connectivity index (χ3n) is 5.73. The van der Waals surface area contributed by atoms with E-state index in [0.29, 0.717) is 11.8 Å². The second-order valence-corrected chi connectivity index (χ2v) is 8.62. The fourth-order valence-electron chi connectivity index (χ4n) is 3.98. The van der Waals surface area contributed by atoms with Crippen LogP contribution in [0.25, 0.3) is 16.2 Å². The number of carbonyl (C=O) groups is 1. The van der Waals surface area contributed by atoms with E-state index < -0.39 is 0 Å². The van der Waals surface area contributed by atoms with Crippen LogP contribution in [0.1, 0.15) is 24.2 Å². The second-order valence-electron chi connectivity index (χ2n) is 7.78. The van der Waals surface area contributed by atoms with E-state index in [9.17, 15) is 9.18 Å². The summed E-state index contributed by atoms with van der Waals surface area (Å²) in [4.78, 5) is 22.5. The molecule has 2 fully saturated rings. The van der Waals surface area contributed by atoms with Crippen LogP contribution in [0.2, 0.25) is 0 Å². The first-order chi connectivity index (χ1) is 13.6. The van der Waals surface area contributed by atoms with Crippen molar-refractivity contribution in [3.63, 3.8) is 0 Å². The lowest BCUT2D eigenvalue weighted by molar-refractivity contribution is -0.134. The van der Waals surface area contributed by atoms with E-state index in [1.165, 1.54) is 17.8 Å². The van der Waals surface area contributed by atoms with E-state index in [4.69, 9.17) is 4.98 Å². The van der Waals surface area contributed by atoms with Crippen LogP contribution in [-0.2, 0) is 11.3 Å². The summed E-state index contributed by atoms with van der Waals surface area (Å²) >= 11 is 1.63. The number of benzene rings is 1. The maximum absolute atomic E-state index is 13.4. The van der Waals surface area contributed by atoms with Crippen molar-refractivity contribution in [3.05, 3.63) is 46.9 Å². The summed E-state index contributed by atoms with van der Waals surface area (Å²) in [5.74, 6) is 0.394. The number of hydrogen-bond acceptors (Lipinski definition) is 4. The molecular formula is C21H23FN4OS. The molecule has 146 valence electrons. The molecule has 0 unspecified atom stereocenters. The highest BCUT2D eigenvalue weighted by atomic mass is 32.1. The number of carbonyl (C=O) groups excluding carboxylic acids is 1. The van der Waals surface area contributed by atoms with E-state index in [0.717, 1.165) is 67.5 Å². The summed E-state index contributed by atoms with van der Waals surface area (Å²) in [6.07, 6.45) is 2.12. The van der Waals surface area contributed by atoms with Crippen molar-refractivity contribution in [2.45, 2.75) is 26.3 Å². The number of aryl methyl sites for hydroxylation is 1. The van der Waals surface area contributed by atoms with Crippen LogP contribution in [0.15, 0.2) is 29.6 Å².